The molecule has 0 heterocycles. The quantitative estimate of drug-likeness (QED) is 0.692. The van der Waals surface area contributed by atoms with Crippen LogP contribution in [0.3, 0.4) is 0 Å². The number of ether oxygens (including phenoxy) is 1. The van der Waals surface area contributed by atoms with Gasteiger partial charge in [0.1, 0.15) is 5.76 Å². The highest BCUT2D eigenvalue weighted by molar-refractivity contribution is 6.30. The van der Waals surface area contributed by atoms with Gasteiger partial charge >= 0.3 is 6.09 Å². The van der Waals surface area contributed by atoms with E-state index in [4.69, 9.17) is 16.3 Å². The molecule has 110 valence electrons. The van der Waals surface area contributed by atoms with E-state index in [2.05, 4.69) is 18.8 Å². The zero-order valence-corrected chi connectivity index (χ0v) is 13.1. The minimum atomic E-state index is -0.526. The zero-order chi connectivity index (χ0) is 15.2. The third-order valence-corrected chi connectivity index (χ3v) is 3.47. The number of halogens is 1. The van der Waals surface area contributed by atoms with Crippen LogP contribution in [0.2, 0.25) is 5.02 Å². The number of carbonyl (C=O) groups is 1. The Bertz CT molecular complexity index is 466. The summed E-state index contributed by atoms with van der Waals surface area (Å²) in [5, 5.41) is 3.27. The lowest BCUT2D eigenvalue weighted by Gasteiger charge is -2.26. The number of unbranched alkanes of at least 4 members (excludes halogenated alkanes) is 1. The molecule has 1 amide bonds. The Morgan fingerprint density at radius 1 is 1.35 bits per heavy atom. The third kappa shape index (κ3) is 5.25. The molecule has 1 rings (SSSR count). The van der Waals surface area contributed by atoms with Crippen molar-refractivity contribution in [2.24, 2.45) is 5.41 Å². The molecule has 3 nitrogen and oxygen atoms in total. The Balaban J connectivity index is 2.53. The third-order valence-electron chi connectivity index (χ3n) is 3.22. The fourth-order valence-corrected chi connectivity index (χ4v) is 1.81. The molecule has 1 aromatic carbocycles. The molecule has 4 heteroatoms. The van der Waals surface area contributed by atoms with Crippen molar-refractivity contribution in [2.75, 3.05) is 5.32 Å². The van der Waals surface area contributed by atoms with Gasteiger partial charge in [-0.15, -0.1) is 0 Å². The van der Waals surface area contributed by atoms with Crippen LogP contribution in [0, 0.1) is 5.41 Å². The van der Waals surface area contributed by atoms with Crippen LogP contribution < -0.4 is 5.32 Å². The smallest absolute Gasteiger partial charge is 0.415 e. The first-order valence-corrected chi connectivity index (χ1v) is 7.16. The van der Waals surface area contributed by atoms with E-state index in [1.807, 2.05) is 13.8 Å². The van der Waals surface area contributed by atoms with Crippen molar-refractivity contribution in [1.29, 1.82) is 0 Å². The van der Waals surface area contributed by atoms with Gasteiger partial charge < -0.3 is 4.74 Å². The topological polar surface area (TPSA) is 38.3 Å². The van der Waals surface area contributed by atoms with Crippen molar-refractivity contribution in [3.8, 4) is 0 Å². The molecule has 0 aliphatic rings. The first-order valence-electron chi connectivity index (χ1n) is 6.79. The fourth-order valence-electron chi connectivity index (χ4n) is 1.68. The lowest BCUT2D eigenvalue weighted by atomic mass is 9.85. The molecule has 0 atom stereocenters. The van der Waals surface area contributed by atoms with Crippen LogP contribution in [0.4, 0.5) is 10.5 Å². The summed E-state index contributed by atoms with van der Waals surface area (Å²) >= 11 is 5.78. The molecule has 0 aromatic heterocycles. The van der Waals surface area contributed by atoms with Crippen LogP contribution in [0.5, 0.6) is 0 Å². The molecule has 0 aliphatic heterocycles. The largest absolute Gasteiger partial charge is 0.416 e. The van der Waals surface area contributed by atoms with Gasteiger partial charge in [-0.3, -0.25) is 5.32 Å². The zero-order valence-electron chi connectivity index (χ0n) is 12.3. The normalized spacial score (nSPS) is 11.0. The number of nitrogens with one attached hydrogen (secondary N) is 1. The predicted octanol–water partition coefficient (Wildman–Crippen LogP) is 5.62. The first kappa shape index (κ1) is 16.6. The summed E-state index contributed by atoms with van der Waals surface area (Å²) in [5.74, 6) is 0.484. The number of carbonyl (C=O) groups excluding carboxylic acids is 1. The summed E-state index contributed by atoms with van der Waals surface area (Å²) in [6.07, 6.45) is 2.60. The van der Waals surface area contributed by atoms with Crippen LogP contribution in [-0.4, -0.2) is 6.09 Å². The molecule has 0 spiro atoms. The molecule has 0 bridgehead atoms. The van der Waals surface area contributed by atoms with E-state index in [9.17, 15) is 4.79 Å². The van der Waals surface area contributed by atoms with E-state index in [-0.39, 0.29) is 5.41 Å². The molecule has 1 aromatic rings. The minimum absolute atomic E-state index is 0.215. The average Bonchev–Trinajstić information content (AvgIpc) is 2.39. The number of allylic oxidation sites excluding steroid dienone is 1. The molecule has 0 radical (unpaired) electrons. The number of hydrogen-bond acceptors (Lipinski definition) is 2. The molecule has 20 heavy (non-hydrogen) atoms. The molecular weight excluding hydrogens is 274 g/mol. The number of amides is 1. The highest BCUT2D eigenvalue weighted by Gasteiger charge is 2.24. The molecule has 1 N–H and O–H groups in total. The average molecular weight is 296 g/mol. The van der Waals surface area contributed by atoms with E-state index < -0.39 is 6.09 Å². The Hall–Kier alpha value is -1.48. The standard InChI is InChI=1S/C16H22ClNO2/c1-5-6-11-16(3,4)12(2)20-15(19)18-14-9-7-13(17)8-10-14/h7-10H,2,5-6,11H2,1,3-4H3,(H,18,19). The van der Waals surface area contributed by atoms with Crippen molar-refractivity contribution in [2.45, 2.75) is 40.0 Å². The van der Waals surface area contributed by atoms with Crippen molar-refractivity contribution in [3.05, 3.63) is 41.6 Å². The van der Waals surface area contributed by atoms with Gasteiger partial charge in [0.25, 0.3) is 0 Å². The van der Waals surface area contributed by atoms with Gasteiger partial charge in [0.15, 0.2) is 0 Å². The lowest BCUT2D eigenvalue weighted by Crippen LogP contribution is -2.22. The highest BCUT2D eigenvalue weighted by Crippen LogP contribution is 2.32. The molecule has 0 aliphatic carbocycles. The van der Waals surface area contributed by atoms with Gasteiger partial charge in [-0.25, -0.2) is 4.79 Å². The number of benzene rings is 1. The predicted molar refractivity (Wildman–Crippen MR) is 84.0 cm³/mol. The lowest BCUT2D eigenvalue weighted by molar-refractivity contribution is 0.160. The fraction of sp³-hybridized carbons (Fsp3) is 0.438. The Morgan fingerprint density at radius 3 is 2.50 bits per heavy atom. The van der Waals surface area contributed by atoms with E-state index in [1.165, 1.54) is 0 Å². The second-order valence-electron chi connectivity index (χ2n) is 5.43. The van der Waals surface area contributed by atoms with Crippen LogP contribution in [-0.2, 0) is 4.74 Å². The second-order valence-corrected chi connectivity index (χ2v) is 5.87. The van der Waals surface area contributed by atoms with Gasteiger partial charge in [0, 0.05) is 16.1 Å². The van der Waals surface area contributed by atoms with Crippen molar-refractivity contribution >= 4 is 23.4 Å². The van der Waals surface area contributed by atoms with Crippen molar-refractivity contribution in [1.82, 2.24) is 0 Å². The summed E-state index contributed by atoms with van der Waals surface area (Å²) in [4.78, 5) is 11.8. The number of anilines is 1. The Morgan fingerprint density at radius 2 is 1.95 bits per heavy atom. The van der Waals surface area contributed by atoms with Gasteiger partial charge in [-0.2, -0.15) is 0 Å². The maximum atomic E-state index is 11.8. The first-order chi connectivity index (χ1) is 9.35. The van der Waals surface area contributed by atoms with Crippen LogP contribution in [0.1, 0.15) is 40.0 Å². The van der Waals surface area contributed by atoms with Crippen LogP contribution >= 0.6 is 11.6 Å². The number of rotatable bonds is 6. The second kappa shape index (κ2) is 7.34. The van der Waals surface area contributed by atoms with Gasteiger partial charge in [0.2, 0.25) is 0 Å². The Kier molecular flexibility index (Phi) is 6.08. The van der Waals surface area contributed by atoms with E-state index >= 15 is 0 Å². The summed E-state index contributed by atoms with van der Waals surface area (Å²) in [7, 11) is 0. The maximum absolute atomic E-state index is 11.8. The SMILES string of the molecule is C=C(OC(=O)Nc1ccc(Cl)cc1)C(C)(C)CCCC. The number of hydrogen-bond donors (Lipinski definition) is 1. The van der Waals surface area contributed by atoms with Gasteiger partial charge in [0.05, 0.1) is 0 Å². The van der Waals surface area contributed by atoms with E-state index in [1.54, 1.807) is 24.3 Å². The summed E-state index contributed by atoms with van der Waals surface area (Å²) in [5.41, 5.74) is 0.423. The monoisotopic (exact) mass is 295 g/mol. The van der Waals surface area contributed by atoms with Crippen LogP contribution in [0.15, 0.2) is 36.6 Å². The summed E-state index contributed by atoms with van der Waals surface area (Å²) in [6, 6.07) is 6.84. The molecule has 0 saturated heterocycles. The van der Waals surface area contributed by atoms with Gasteiger partial charge in [-0.1, -0.05) is 51.8 Å². The maximum Gasteiger partial charge on any atom is 0.416 e. The van der Waals surface area contributed by atoms with E-state index in [0.717, 1.165) is 19.3 Å². The highest BCUT2D eigenvalue weighted by atomic mass is 35.5. The van der Waals surface area contributed by atoms with Crippen LogP contribution in [0.25, 0.3) is 0 Å². The van der Waals surface area contributed by atoms with Crippen molar-refractivity contribution in [3.63, 3.8) is 0 Å². The minimum Gasteiger partial charge on any atom is -0.415 e. The van der Waals surface area contributed by atoms with Gasteiger partial charge in [-0.05, 0) is 30.7 Å². The molecule has 0 fully saturated rings. The van der Waals surface area contributed by atoms with Crippen molar-refractivity contribution < 1.29 is 9.53 Å². The molecule has 0 unspecified atom stereocenters. The molecule has 0 saturated carbocycles. The summed E-state index contributed by atoms with van der Waals surface area (Å²) < 4.78 is 5.27. The molecular formula is C16H22ClNO2. The summed E-state index contributed by atoms with van der Waals surface area (Å²) in [6.45, 7) is 10.1. The Labute approximate surface area is 126 Å². The van der Waals surface area contributed by atoms with E-state index in [0.29, 0.717) is 16.5 Å².